The van der Waals surface area contributed by atoms with Gasteiger partial charge in [-0.15, -0.1) is 6.58 Å². The lowest BCUT2D eigenvalue weighted by atomic mass is 9.71. The van der Waals surface area contributed by atoms with Crippen molar-refractivity contribution >= 4 is 17.5 Å². The summed E-state index contributed by atoms with van der Waals surface area (Å²) in [6, 6.07) is 7.30. The number of aliphatic hydroxyl groups is 3. The second kappa shape index (κ2) is 27.6. The lowest BCUT2D eigenvalue weighted by Gasteiger charge is -2.48. The van der Waals surface area contributed by atoms with Crippen LogP contribution in [0.5, 0.6) is 5.75 Å². The van der Waals surface area contributed by atoms with Crippen molar-refractivity contribution in [3.05, 3.63) is 125 Å². The molecule has 3 N–H and O–H groups in total. The minimum Gasteiger partial charge on any atom is -0.497 e. The summed E-state index contributed by atoms with van der Waals surface area (Å²) in [5, 5.41) is 34.2. The molecule has 0 radical (unpaired) electrons. The Bertz CT molecular complexity index is 2690. The van der Waals surface area contributed by atoms with E-state index >= 15 is 0 Å². The van der Waals surface area contributed by atoms with Crippen molar-refractivity contribution < 1.29 is 86.5 Å². The van der Waals surface area contributed by atoms with Crippen LogP contribution in [-0.2, 0) is 66.5 Å². The van der Waals surface area contributed by atoms with Gasteiger partial charge >= 0.3 is 5.97 Å². The van der Waals surface area contributed by atoms with Crippen LogP contribution in [0.1, 0.15) is 105 Å². The largest absolute Gasteiger partial charge is 0.497 e. The molecule has 4 saturated heterocycles. The molecule has 0 amide bonds. The Morgan fingerprint density at radius 1 is 0.819 bits per heavy atom. The average Bonchev–Trinajstić information content (AvgIpc) is 2.30. The third-order valence-corrected chi connectivity index (χ3v) is 17.8. The SMILES string of the molecule is C=CC(C1=CC(=O)C(OC)=CC1=O)c1ccc(OC)cc1.CCC(C)C1OC2(C=CC1C)CC1CC(CC=C(C)C(OC3CC(OC)C(OC4CC(OC)C(O)C(C)O4)C(C)O3)C(C)C=CC=C3COC4C(O)C(C)=CC(C(=O)O1)C34O)O2. The van der Waals surface area contributed by atoms with Gasteiger partial charge in [-0.1, -0.05) is 88.8 Å². The highest BCUT2D eigenvalue weighted by Gasteiger charge is 2.60. The smallest absolute Gasteiger partial charge is 0.316 e. The van der Waals surface area contributed by atoms with Gasteiger partial charge < -0.3 is 72.2 Å². The summed E-state index contributed by atoms with van der Waals surface area (Å²) in [7, 11) is 6.17. The van der Waals surface area contributed by atoms with E-state index in [9.17, 15) is 29.7 Å². The molecule has 6 aliphatic heterocycles. The molecule has 1 aromatic carbocycles. The van der Waals surface area contributed by atoms with E-state index in [1.165, 1.54) is 19.3 Å². The Hall–Kier alpha value is -4.93. The number of benzene rings is 1. The first-order valence-corrected chi connectivity index (χ1v) is 29.3. The van der Waals surface area contributed by atoms with Crippen molar-refractivity contribution in [1.82, 2.24) is 0 Å². The Morgan fingerprint density at radius 2 is 1.52 bits per heavy atom. The molecule has 2 aliphatic carbocycles. The maximum atomic E-state index is 14.3. The van der Waals surface area contributed by atoms with Crippen molar-refractivity contribution in [1.29, 1.82) is 0 Å². The number of hydrogen-bond donors (Lipinski definition) is 3. The average molecular weight is 1160 g/mol. The van der Waals surface area contributed by atoms with Crippen molar-refractivity contribution in [2.24, 2.45) is 23.7 Å². The molecule has 1 spiro atoms. The molecule has 456 valence electrons. The number of methoxy groups -OCH3 is 4. The molecule has 18 heteroatoms. The molecule has 21 atom stereocenters. The molecule has 4 fully saturated rings. The quantitative estimate of drug-likeness (QED) is 0.0968. The second-order valence-electron chi connectivity index (χ2n) is 23.5. The zero-order chi connectivity index (χ0) is 60.1. The van der Waals surface area contributed by atoms with Crippen LogP contribution in [0.4, 0.5) is 0 Å². The van der Waals surface area contributed by atoms with Crippen LogP contribution in [0, 0.1) is 23.7 Å². The van der Waals surface area contributed by atoms with Gasteiger partial charge in [0.2, 0.25) is 5.78 Å². The van der Waals surface area contributed by atoms with Gasteiger partial charge in [0.15, 0.2) is 29.9 Å². The number of carbonyl (C=O) groups excluding carboxylic acids is 3. The van der Waals surface area contributed by atoms with E-state index in [0.29, 0.717) is 48.8 Å². The van der Waals surface area contributed by atoms with Crippen LogP contribution in [-0.4, -0.2) is 165 Å². The van der Waals surface area contributed by atoms with Crippen LogP contribution in [0.15, 0.2) is 120 Å². The van der Waals surface area contributed by atoms with E-state index in [0.717, 1.165) is 23.3 Å². The predicted octanol–water partition coefficient (Wildman–Crippen LogP) is 7.95. The fourth-order valence-corrected chi connectivity index (χ4v) is 12.8. The van der Waals surface area contributed by atoms with Crippen LogP contribution in [0.3, 0.4) is 0 Å². The fraction of sp³-hybridized carbons (Fsp3) is 0.615. The number of esters is 1. The Morgan fingerprint density at radius 3 is 2.19 bits per heavy atom. The molecule has 1 aromatic rings. The highest BCUT2D eigenvalue weighted by molar-refractivity contribution is 6.19. The number of aliphatic hydroxyl groups excluding tert-OH is 2. The summed E-state index contributed by atoms with van der Waals surface area (Å²) < 4.78 is 73.7. The van der Waals surface area contributed by atoms with Gasteiger partial charge in [-0.2, -0.15) is 0 Å². The lowest BCUT2D eigenvalue weighted by molar-refractivity contribution is -0.318. The summed E-state index contributed by atoms with van der Waals surface area (Å²) >= 11 is 0. The van der Waals surface area contributed by atoms with Gasteiger partial charge in [0.05, 0.1) is 63.6 Å². The zero-order valence-electron chi connectivity index (χ0n) is 50.2. The fourth-order valence-electron chi connectivity index (χ4n) is 12.8. The first kappa shape index (κ1) is 64.1. The van der Waals surface area contributed by atoms with Gasteiger partial charge in [0.25, 0.3) is 0 Å². The van der Waals surface area contributed by atoms with E-state index in [-0.39, 0.29) is 65.9 Å². The molecule has 8 aliphatic rings. The van der Waals surface area contributed by atoms with Crippen molar-refractivity contribution in [3.63, 3.8) is 0 Å². The van der Waals surface area contributed by atoms with Gasteiger partial charge in [-0.05, 0) is 86.6 Å². The van der Waals surface area contributed by atoms with E-state index in [4.69, 9.17) is 56.8 Å². The Kier molecular flexibility index (Phi) is 21.3. The summed E-state index contributed by atoms with van der Waals surface area (Å²) in [4.78, 5) is 38.4. The Balaban J connectivity index is 0.000000359. The third-order valence-electron chi connectivity index (χ3n) is 17.8. The van der Waals surface area contributed by atoms with Crippen LogP contribution < -0.4 is 4.74 Å². The monoisotopic (exact) mass is 1160 g/mol. The van der Waals surface area contributed by atoms with Crippen molar-refractivity contribution in [2.75, 3.05) is 35.0 Å². The third kappa shape index (κ3) is 14.0. The van der Waals surface area contributed by atoms with E-state index in [1.807, 2.05) is 44.2 Å². The van der Waals surface area contributed by atoms with Crippen molar-refractivity contribution in [3.8, 4) is 5.75 Å². The molecule has 18 nitrogen and oxygen atoms in total. The van der Waals surface area contributed by atoms with Crippen LogP contribution in [0.2, 0.25) is 0 Å². The highest BCUT2D eigenvalue weighted by atomic mass is 16.7. The normalized spacial score (nSPS) is 39.1. The number of ketones is 2. The van der Waals surface area contributed by atoms with Gasteiger partial charge in [-0.3, -0.25) is 14.4 Å². The molecule has 83 heavy (non-hydrogen) atoms. The van der Waals surface area contributed by atoms with E-state index in [1.54, 1.807) is 65.5 Å². The molecular weight excluding hydrogens is 1070 g/mol. The van der Waals surface area contributed by atoms with Gasteiger partial charge in [0.1, 0.15) is 47.8 Å². The number of allylic oxidation sites excluding steroid dienone is 6. The first-order valence-electron chi connectivity index (χ1n) is 29.3. The van der Waals surface area contributed by atoms with E-state index < -0.39 is 90.8 Å². The minimum atomic E-state index is -1.84. The number of hydrogen-bond acceptors (Lipinski definition) is 18. The highest BCUT2D eigenvalue weighted by Crippen LogP contribution is 2.47. The minimum absolute atomic E-state index is 0.0317. The molecule has 0 aromatic heterocycles. The van der Waals surface area contributed by atoms with Gasteiger partial charge in [0, 0.05) is 69.3 Å². The first-order chi connectivity index (χ1) is 39.6. The topological polar surface area (TPSA) is 223 Å². The summed E-state index contributed by atoms with van der Waals surface area (Å²) in [6.45, 7) is 19.9. The van der Waals surface area contributed by atoms with E-state index in [2.05, 4.69) is 46.4 Å². The molecule has 9 rings (SSSR count). The molecule has 21 unspecified atom stereocenters. The Labute approximate surface area is 489 Å². The van der Waals surface area contributed by atoms with Crippen LogP contribution in [0.25, 0.3) is 0 Å². The number of rotatable bonds is 13. The summed E-state index contributed by atoms with van der Waals surface area (Å²) in [5.74, 6) is -2.68. The van der Waals surface area contributed by atoms with Crippen molar-refractivity contribution in [2.45, 2.75) is 197 Å². The lowest BCUT2D eigenvalue weighted by Crippen LogP contribution is -2.58. The van der Waals surface area contributed by atoms with Gasteiger partial charge in [-0.25, -0.2) is 0 Å². The summed E-state index contributed by atoms with van der Waals surface area (Å²) in [5.41, 5.74) is 1.39. The number of ether oxygens (including phenoxy) is 12. The molecule has 0 saturated carbocycles. The number of carbonyl (C=O) groups is 3. The summed E-state index contributed by atoms with van der Waals surface area (Å²) in [6.07, 6.45) is 12.7. The molecular formula is C65H88O18. The standard InChI is InChI=1S/C48H72O14.C17H16O4/c1-11-25(2)43-28(5)17-18-47(62-43)23-34-20-33(61-47)16-15-27(4)42(26(3)13-12-14-32-24-55-45-40(49)29(6)19-35(46(51)58-34)48(32,45)52)59-39-22-37(54-10)44(31(8)57-39)60-38-21-36(53-9)41(50)30(7)56-38;1-4-13(11-5-7-12(20-2)8-6-11)14-9-16(19)17(21-3)10-15(14)18/h12-15,17-19,25-26,28,30-31,33-45,49-50,52H,11,16,20-24H2,1-10H3;4-10,13H,1H2,2-3H3. The van der Waals surface area contributed by atoms with Crippen LogP contribution >= 0.6 is 0 Å². The molecule has 6 heterocycles. The maximum absolute atomic E-state index is 14.3. The second-order valence-corrected chi connectivity index (χ2v) is 23.5. The maximum Gasteiger partial charge on any atom is 0.316 e. The zero-order valence-corrected chi connectivity index (χ0v) is 50.2. The molecule has 2 bridgehead atoms. The predicted molar refractivity (Wildman–Crippen MR) is 306 cm³/mol. The number of fused-ring (bicyclic) bond motifs is 2.